The fourth-order valence-corrected chi connectivity index (χ4v) is 7.51. The second-order valence-corrected chi connectivity index (χ2v) is 9.80. The molecule has 1 aliphatic carbocycles. The van der Waals surface area contributed by atoms with Gasteiger partial charge in [0.1, 0.15) is 5.76 Å². The van der Waals surface area contributed by atoms with Crippen LogP contribution >= 0.6 is 23.5 Å². The number of fused-ring (bicyclic) bond motifs is 2. The zero-order chi connectivity index (χ0) is 16.0. The summed E-state index contributed by atoms with van der Waals surface area (Å²) in [4.78, 5) is 17.2. The first kappa shape index (κ1) is 15.9. The number of furan rings is 1. The average molecular weight is 353 g/mol. The van der Waals surface area contributed by atoms with Gasteiger partial charge in [-0.3, -0.25) is 4.79 Å². The van der Waals surface area contributed by atoms with Gasteiger partial charge in [-0.25, -0.2) is 0 Å². The van der Waals surface area contributed by atoms with Crippen molar-refractivity contribution in [1.82, 2.24) is 9.80 Å². The average Bonchev–Trinajstić information content (AvgIpc) is 3.14. The first-order valence-corrected chi connectivity index (χ1v) is 10.5. The van der Waals surface area contributed by atoms with Gasteiger partial charge in [0.05, 0.1) is 4.08 Å². The molecule has 1 aromatic rings. The van der Waals surface area contributed by atoms with Crippen LogP contribution in [0.15, 0.2) is 4.42 Å². The largest absolute Gasteiger partial charge is 0.455 e. The number of aryl methyl sites for hydroxylation is 1. The highest BCUT2D eigenvalue weighted by molar-refractivity contribution is 8.20. The Morgan fingerprint density at radius 2 is 1.87 bits per heavy atom. The SMILES string of the molecule is Cc1c(C(=O)N2CCN(C)CC2)oc2c1C1(CCC2)SCCS1. The topological polar surface area (TPSA) is 36.7 Å². The van der Waals surface area contributed by atoms with Gasteiger partial charge in [-0.1, -0.05) is 0 Å². The summed E-state index contributed by atoms with van der Waals surface area (Å²) in [5.41, 5.74) is 2.44. The summed E-state index contributed by atoms with van der Waals surface area (Å²) in [6.45, 7) is 5.59. The maximum absolute atomic E-state index is 12.9. The third-order valence-electron chi connectivity index (χ3n) is 5.25. The molecule has 126 valence electrons. The van der Waals surface area contributed by atoms with E-state index in [0.29, 0.717) is 5.76 Å². The van der Waals surface area contributed by atoms with Crippen LogP contribution in [0.4, 0.5) is 0 Å². The number of likely N-dealkylation sites (N-methyl/N-ethyl adjacent to an activating group) is 1. The molecule has 6 heteroatoms. The number of rotatable bonds is 1. The highest BCUT2D eigenvalue weighted by Crippen LogP contribution is 2.59. The van der Waals surface area contributed by atoms with Gasteiger partial charge in [-0.15, -0.1) is 23.5 Å². The van der Waals surface area contributed by atoms with Crippen molar-refractivity contribution < 1.29 is 9.21 Å². The number of thioether (sulfide) groups is 2. The van der Waals surface area contributed by atoms with E-state index in [-0.39, 0.29) is 9.99 Å². The molecule has 3 aliphatic rings. The molecule has 1 aromatic heterocycles. The molecule has 2 fully saturated rings. The molecule has 4 rings (SSSR count). The van der Waals surface area contributed by atoms with Crippen LogP contribution in [-0.4, -0.2) is 60.4 Å². The minimum Gasteiger partial charge on any atom is -0.455 e. The molecule has 3 heterocycles. The lowest BCUT2D eigenvalue weighted by Gasteiger charge is -2.32. The summed E-state index contributed by atoms with van der Waals surface area (Å²) < 4.78 is 6.29. The normalized spacial score (nSPS) is 24.2. The van der Waals surface area contributed by atoms with E-state index in [1.165, 1.54) is 29.9 Å². The molecule has 0 atom stereocenters. The lowest BCUT2D eigenvalue weighted by atomic mass is 9.94. The maximum atomic E-state index is 12.9. The molecular formula is C17H24N2O2S2. The van der Waals surface area contributed by atoms with Crippen molar-refractivity contribution in [3.05, 3.63) is 22.6 Å². The molecule has 2 aliphatic heterocycles. The van der Waals surface area contributed by atoms with Gasteiger partial charge in [0.15, 0.2) is 5.76 Å². The standard InChI is InChI=1S/C17H24N2O2S2/c1-12-14-13(4-3-5-17(14)22-10-11-23-17)21-15(12)16(20)19-8-6-18(2)7-9-19/h3-11H2,1-2H3. The van der Waals surface area contributed by atoms with Gasteiger partial charge in [-0.05, 0) is 26.8 Å². The van der Waals surface area contributed by atoms with E-state index < -0.39 is 0 Å². The summed E-state index contributed by atoms with van der Waals surface area (Å²) in [5, 5.41) is 0. The first-order valence-electron chi connectivity index (χ1n) is 8.49. The molecule has 0 unspecified atom stereocenters. The molecule has 0 radical (unpaired) electrons. The van der Waals surface area contributed by atoms with Gasteiger partial charge in [0.25, 0.3) is 5.91 Å². The molecule has 0 saturated carbocycles. The van der Waals surface area contributed by atoms with Crippen LogP contribution in [0.25, 0.3) is 0 Å². The summed E-state index contributed by atoms with van der Waals surface area (Å²) in [6.07, 6.45) is 3.36. The lowest BCUT2D eigenvalue weighted by molar-refractivity contribution is 0.0629. The second kappa shape index (κ2) is 6.05. The molecule has 4 nitrogen and oxygen atoms in total. The van der Waals surface area contributed by atoms with Gasteiger partial charge in [0.2, 0.25) is 0 Å². The van der Waals surface area contributed by atoms with Crippen molar-refractivity contribution in [3.8, 4) is 0 Å². The van der Waals surface area contributed by atoms with E-state index >= 15 is 0 Å². The fraction of sp³-hybridized carbons (Fsp3) is 0.706. The van der Waals surface area contributed by atoms with Gasteiger partial charge < -0.3 is 14.2 Å². The number of nitrogens with zero attached hydrogens (tertiary/aromatic N) is 2. The van der Waals surface area contributed by atoms with Crippen LogP contribution in [0.1, 0.15) is 40.3 Å². The van der Waals surface area contributed by atoms with Crippen molar-refractivity contribution in [2.45, 2.75) is 30.3 Å². The summed E-state index contributed by atoms with van der Waals surface area (Å²) in [7, 11) is 2.11. The third kappa shape index (κ3) is 2.63. The third-order valence-corrected chi connectivity index (χ3v) is 8.78. The Balaban J connectivity index is 1.66. The molecule has 0 bridgehead atoms. The molecule has 23 heavy (non-hydrogen) atoms. The predicted octanol–water partition coefficient (Wildman–Crippen LogP) is 2.94. The molecule has 0 aromatic carbocycles. The Bertz CT molecular complexity index is 614. The summed E-state index contributed by atoms with van der Waals surface area (Å²) in [6, 6.07) is 0. The number of piperazine rings is 1. The lowest BCUT2D eigenvalue weighted by Crippen LogP contribution is -2.47. The van der Waals surface area contributed by atoms with E-state index in [2.05, 4.69) is 42.4 Å². The number of carbonyl (C=O) groups excluding carboxylic acids is 1. The zero-order valence-corrected chi connectivity index (χ0v) is 15.5. The van der Waals surface area contributed by atoms with E-state index in [1.807, 2.05) is 4.90 Å². The number of hydrogen-bond acceptors (Lipinski definition) is 5. The smallest absolute Gasteiger partial charge is 0.289 e. The fourth-order valence-electron chi connectivity index (χ4n) is 3.95. The Hall–Kier alpha value is -0.590. The highest BCUT2D eigenvalue weighted by atomic mass is 32.2. The van der Waals surface area contributed by atoms with Crippen LogP contribution in [0.5, 0.6) is 0 Å². The van der Waals surface area contributed by atoms with Gasteiger partial charge in [-0.2, -0.15) is 0 Å². The van der Waals surface area contributed by atoms with Crippen LogP contribution < -0.4 is 0 Å². The Morgan fingerprint density at radius 1 is 1.17 bits per heavy atom. The quantitative estimate of drug-likeness (QED) is 0.777. The van der Waals surface area contributed by atoms with Crippen molar-refractivity contribution in [1.29, 1.82) is 0 Å². The molecule has 1 amide bonds. The molecule has 0 N–H and O–H groups in total. The van der Waals surface area contributed by atoms with Gasteiger partial charge >= 0.3 is 0 Å². The van der Waals surface area contributed by atoms with E-state index in [4.69, 9.17) is 4.42 Å². The monoisotopic (exact) mass is 352 g/mol. The minimum absolute atomic E-state index is 0.0909. The van der Waals surface area contributed by atoms with Gasteiger partial charge in [0, 0.05) is 55.2 Å². The van der Waals surface area contributed by atoms with Crippen molar-refractivity contribution >= 4 is 29.4 Å². The Labute approximate surface area is 146 Å². The molecular weight excluding hydrogens is 328 g/mol. The number of hydrogen-bond donors (Lipinski definition) is 0. The Kier molecular flexibility index (Phi) is 4.18. The van der Waals surface area contributed by atoms with Crippen molar-refractivity contribution in [3.63, 3.8) is 0 Å². The maximum Gasteiger partial charge on any atom is 0.289 e. The second-order valence-electron chi connectivity index (χ2n) is 6.75. The molecule has 1 spiro atoms. The molecule has 2 saturated heterocycles. The zero-order valence-electron chi connectivity index (χ0n) is 13.9. The van der Waals surface area contributed by atoms with Crippen molar-refractivity contribution in [2.75, 3.05) is 44.7 Å². The van der Waals surface area contributed by atoms with Crippen molar-refractivity contribution in [2.24, 2.45) is 0 Å². The minimum atomic E-state index is 0.0909. The van der Waals surface area contributed by atoms with E-state index in [9.17, 15) is 4.79 Å². The van der Waals surface area contributed by atoms with Crippen LogP contribution in [0.3, 0.4) is 0 Å². The number of amides is 1. The van der Waals surface area contributed by atoms with Crippen LogP contribution in [-0.2, 0) is 10.5 Å². The first-order chi connectivity index (χ1) is 11.1. The predicted molar refractivity (Wildman–Crippen MR) is 96.4 cm³/mol. The highest BCUT2D eigenvalue weighted by Gasteiger charge is 2.45. The Morgan fingerprint density at radius 3 is 2.57 bits per heavy atom. The number of carbonyl (C=O) groups is 1. The van der Waals surface area contributed by atoms with E-state index in [1.54, 1.807) is 0 Å². The van der Waals surface area contributed by atoms with Crippen LogP contribution in [0.2, 0.25) is 0 Å². The van der Waals surface area contributed by atoms with Crippen LogP contribution in [0, 0.1) is 6.92 Å². The van der Waals surface area contributed by atoms with E-state index in [0.717, 1.165) is 43.9 Å². The summed E-state index contributed by atoms with van der Waals surface area (Å²) in [5.74, 6) is 4.18. The summed E-state index contributed by atoms with van der Waals surface area (Å²) >= 11 is 4.11.